The Hall–Kier alpha value is -2.35. The van der Waals surface area contributed by atoms with Crippen molar-refractivity contribution in [3.05, 3.63) is 36.2 Å². The van der Waals surface area contributed by atoms with Crippen LogP contribution < -0.4 is 5.32 Å². The smallest absolute Gasteiger partial charge is 0.413 e. The van der Waals surface area contributed by atoms with Crippen LogP contribution in [0.4, 0.5) is 10.6 Å². The van der Waals surface area contributed by atoms with Gasteiger partial charge < -0.3 is 9.15 Å². The first-order valence-electron chi connectivity index (χ1n) is 6.87. The lowest BCUT2D eigenvalue weighted by Gasteiger charge is -2.19. The molecule has 8 heteroatoms. The Morgan fingerprint density at radius 3 is 2.39 bits per heavy atom. The van der Waals surface area contributed by atoms with Gasteiger partial charge in [-0.05, 0) is 32.9 Å². The molecule has 2 aromatic rings. The fourth-order valence-electron chi connectivity index (χ4n) is 1.78. The van der Waals surface area contributed by atoms with Crippen molar-refractivity contribution in [2.24, 2.45) is 0 Å². The van der Waals surface area contributed by atoms with Crippen LogP contribution in [0.25, 0.3) is 0 Å². The van der Waals surface area contributed by atoms with Gasteiger partial charge in [0.05, 0.1) is 4.90 Å². The third-order valence-electron chi connectivity index (χ3n) is 2.62. The van der Waals surface area contributed by atoms with Gasteiger partial charge in [-0.3, -0.25) is 5.32 Å². The van der Waals surface area contributed by atoms with Gasteiger partial charge in [-0.25, -0.2) is 13.2 Å². The van der Waals surface area contributed by atoms with Crippen molar-refractivity contribution in [2.75, 3.05) is 5.32 Å². The molecule has 0 aliphatic rings. The van der Waals surface area contributed by atoms with Crippen molar-refractivity contribution in [2.45, 2.75) is 43.3 Å². The lowest BCUT2D eigenvalue weighted by molar-refractivity contribution is 0.0634. The normalized spacial score (nSPS) is 12.0. The Bertz CT molecular complexity index is 804. The van der Waals surface area contributed by atoms with Gasteiger partial charge in [-0.1, -0.05) is 18.2 Å². The van der Waals surface area contributed by atoms with Crippen LogP contribution in [0.5, 0.6) is 0 Å². The highest BCUT2D eigenvalue weighted by molar-refractivity contribution is 7.91. The number of aromatic nitrogens is 1. The van der Waals surface area contributed by atoms with Gasteiger partial charge in [0.2, 0.25) is 9.84 Å². The fraction of sp³-hybridized carbons (Fsp3) is 0.333. The van der Waals surface area contributed by atoms with E-state index in [0.717, 1.165) is 0 Å². The molecule has 0 saturated heterocycles. The molecule has 1 aromatic carbocycles. The monoisotopic (exact) mass is 338 g/mol. The van der Waals surface area contributed by atoms with Crippen LogP contribution in [0, 0.1) is 6.92 Å². The molecule has 23 heavy (non-hydrogen) atoms. The predicted octanol–water partition coefficient (Wildman–Crippen LogP) is 3.16. The molecule has 1 N–H and O–H groups in total. The third kappa shape index (κ3) is 4.10. The van der Waals surface area contributed by atoms with Gasteiger partial charge in [0.15, 0.2) is 11.7 Å². The summed E-state index contributed by atoms with van der Waals surface area (Å²) >= 11 is 0. The Kier molecular flexibility index (Phi) is 4.46. The summed E-state index contributed by atoms with van der Waals surface area (Å²) in [6, 6.07) is 7.76. The molecular formula is C15H18N2O5S. The Balaban J connectivity index is 2.37. The molecule has 0 saturated carbocycles. The van der Waals surface area contributed by atoms with Gasteiger partial charge in [-0.15, -0.1) is 0 Å². The van der Waals surface area contributed by atoms with Crippen molar-refractivity contribution in [3.63, 3.8) is 0 Å². The summed E-state index contributed by atoms with van der Waals surface area (Å²) in [5.74, 6) is -0.0776. The number of benzene rings is 1. The molecule has 1 amide bonds. The highest BCUT2D eigenvalue weighted by atomic mass is 32.2. The van der Waals surface area contributed by atoms with Crippen LogP contribution >= 0.6 is 0 Å². The van der Waals surface area contributed by atoms with E-state index in [4.69, 9.17) is 9.15 Å². The molecular weight excluding hydrogens is 320 g/mol. The summed E-state index contributed by atoms with van der Waals surface area (Å²) in [6.45, 7) is 6.58. The molecule has 0 radical (unpaired) electrons. The van der Waals surface area contributed by atoms with Crippen LogP contribution in [0.2, 0.25) is 0 Å². The molecule has 2 rings (SSSR count). The van der Waals surface area contributed by atoms with Crippen molar-refractivity contribution < 1.29 is 22.4 Å². The van der Waals surface area contributed by atoms with E-state index in [2.05, 4.69) is 10.3 Å². The summed E-state index contributed by atoms with van der Waals surface area (Å²) in [6.07, 6.45) is -0.810. The molecule has 1 heterocycles. The van der Waals surface area contributed by atoms with Crippen molar-refractivity contribution in [1.29, 1.82) is 0 Å². The van der Waals surface area contributed by atoms with Gasteiger partial charge in [-0.2, -0.15) is 4.98 Å². The maximum Gasteiger partial charge on any atom is 0.413 e. The largest absolute Gasteiger partial charge is 0.444 e. The lowest BCUT2D eigenvalue weighted by Crippen LogP contribution is -2.27. The van der Waals surface area contributed by atoms with E-state index in [0.29, 0.717) is 0 Å². The van der Waals surface area contributed by atoms with Gasteiger partial charge in [0.25, 0.3) is 5.09 Å². The number of aryl methyl sites for hydroxylation is 1. The fourth-order valence-corrected chi connectivity index (χ4v) is 3.09. The summed E-state index contributed by atoms with van der Waals surface area (Å²) < 4.78 is 35.5. The van der Waals surface area contributed by atoms with E-state index in [9.17, 15) is 13.2 Å². The van der Waals surface area contributed by atoms with Gasteiger partial charge >= 0.3 is 6.09 Å². The van der Waals surface area contributed by atoms with Crippen molar-refractivity contribution in [3.8, 4) is 0 Å². The maximum absolute atomic E-state index is 12.6. The number of amides is 1. The van der Waals surface area contributed by atoms with Crippen LogP contribution in [-0.2, 0) is 14.6 Å². The second kappa shape index (κ2) is 6.04. The number of hydrogen-bond donors (Lipinski definition) is 1. The standard InChI is InChI=1S/C15H18N2O5S/c1-10-16-12(17-14(18)22-15(2,3)4)13(21-10)23(19,20)11-8-6-5-7-9-11/h5-9H,1-4H3,(H,17,18). The molecule has 0 atom stereocenters. The molecule has 124 valence electrons. The molecule has 0 aliphatic heterocycles. The number of carbonyl (C=O) groups excluding carboxylic acids is 1. The first-order chi connectivity index (χ1) is 10.6. The topological polar surface area (TPSA) is 98.5 Å². The van der Waals surface area contributed by atoms with Gasteiger partial charge in [0, 0.05) is 6.92 Å². The minimum Gasteiger partial charge on any atom is -0.444 e. The maximum atomic E-state index is 12.6. The Morgan fingerprint density at radius 2 is 1.83 bits per heavy atom. The lowest BCUT2D eigenvalue weighted by atomic mass is 10.2. The highest BCUT2D eigenvalue weighted by Crippen LogP contribution is 2.28. The number of anilines is 1. The molecule has 7 nitrogen and oxygen atoms in total. The van der Waals surface area contributed by atoms with Gasteiger partial charge in [0.1, 0.15) is 5.60 Å². The zero-order valence-corrected chi connectivity index (χ0v) is 14.1. The number of nitrogens with zero attached hydrogens (tertiary/aromatic N) is 1. The minimum atomic E-state index is -3.94. The summed E-state index contributed by atoms with van der Waals surface area (Å²) in [4.78, 5) is 15.8. The van der Waals surface area contributed by atoms with Crippen molar-refractivity contribution in [1.82, 2.24) is 4.98 Å². The minimum absolute atomic E-state index is 0.0448. The number of rotatable bonds is 3. The number of nitrogens with one attached hydrogen (secondary N) is 1. The predicted molar refractivity (Wildman–Crippen MR) is 83.0 cm³/mol. The first kappa shape index (κ1) is 17.0. The summed E-state index contributed by atoms with van der Waals surface area (Å²) in [7, 11) is -3.94. The summed E-state index contributed by atoms with van der Waals surface area (Å²) in [5, 5.41) is 1.89. The summed E-state index contributed by atoms with van der Waals surface area (Å²) in [5.41, 5.74) is -0.721. The molecule has 1 aromatic heterocycles. The quantitative estimate of drug-likeness (QED) is 0.923. The second-order valence-corrected chi connectivity index (χ2v) is 7.66. The van der Waals surface area contributed by atoms with Crippen LogP contribution in [-0.4, -0.2) is 25.1 Å². The SMILES string of the molecule is Cc1nc(NC(=O)OC(C)(C)C)c(S(=O)(=O)c2ccccc2)o1. The average molecular weight is 338 g/mol. The second-order valence-electron chi connectivity index (χ2n) is 5.81. The van der Waals surface area contributed by atoms with E-state index >= 15 is 0 Å². The van der Waals surface area contributed by atoms with E-state index < -0.39 is 26.6 Å². The van der Waals surface area contributed by atoms with Crippen LogP contribution in [0.1, 0.15) is 26.7 Å². The van der Waals surface area contributed by atoms with E-state index in [-0.39, 0.29) is 16.6 Å². The number of carbonyl (C=O) groups is 1. The zero-order chi connectivity index (χ0) is 17.3. The number of oxazole rings is 1. The molecule has 0 spiro atoms. The van der Waals surface area contributed by atoms with E-state index in [1.807, 2.05) is 0 Å². The van der Waals surface area contributed by atoms with E-state index in [1.54, 1.807) is 39.0 Å². The third-order valence-corrected chi connectivity index (χ3v) is 4.28. The van der Waals surface area contributed by atoms with Crippen molar-refractivity contribution >= 4 is 21.7 Å². The van der Waals surface area contributed by atoms with E-state index in [1.165, 1.54) is 19.1 Å². The highest BCUT2D eigenvalue weighted by Gasteiger charge is 2.29. The zero-order valence-electron chi connectivity index (χ0n) is 13.3. The number of hydrogen-bond acceptors (Lipinski definition) is 6. The number of ether oxygens (including phenoxy) is 1. The van der Waals surface area contributed by atoms with Crippen LogP contribution in [0.15, 0.2) is 44.7 Å². The molecule has 0 unspecified atom stereocenters. The van der Waals surface area contributed by atoms with Crippen LogP contribution in [0.3, 0.4) is 0 Å². The molecule has 0 fully saturated rings. The number of sulfone groups is 1. The first-order valence-corrected chi connectivity index (χ1v) is 8.35. The molecule has 0 bridgehead atoms. The Labute approximate surface area is 134 Å². The average Bonchev–Trinajstić information content (AvgIpc) is 2.79. The molecule has 0 aliphatic carbocycles. The Morgan fingerprint density at radius 1 is 1.22 bits per heavy atom.